The molecule has 1 fully saturated rings. The third-order valence-electron chi connectivity index (χ3n) is 3.16. The molecule has 0 aliphatic heterocycles. The molecule has 0 spiro atoms. The number of carbonyl (C=O) groups excluding carboxylic acids is 1. The summed E-state index contributed by atoms with van der Waals surface area (Å²) in [6, 6.07) is 0. The fraction of sp³-hybridized carbons (Fsp3) is 0.923. The van der Waals surface area contributed by atoms with Crippen molar-refractivity contribution in [2.75, 3.05) is 13.1 Å². The van der Waals surface area contributed by atoms with E-state index < -0.39 is 0 Å². The fourth-order valence-corrected chi connectivity index (χ4v) is 2.35. The summed E-state index contributed by atoms with van der Waals surface area (Å²) in [5, 5.41) is 6.23. The summed E-state index contributed by atoms with van der Waals surface area (Å²) in [5.74, 6) is 0.0918. The molecule has 0 aromatic heterocycles. The molecule has 16 heavy (non-hydrogen) atoms. The lowest BCUT2D eigenvalue weighted by Gasteiger charge is -2.25. The van der Waals surface area contributed by atoms with Crippen molar-refractivity contribution in [2.45, 2.75) is 58.9 Å². The zero-order valence-corrected chi connectivity index (χ0v) is 11.2. The summed E-state index contributed by atoms with van der Waals surface area (Å²) in [4.78, 5) is 11.6. The van der Waals surface area contributed by atoms with Gasteiger partial charge in [0.05, 0.1) is 6.54 Å². The van der Waals surface area contributed by atoms with Crippen LogP contribution in [0.5, 0.6) is 0 Å². The Labute approximate surface area is 99.4 Å². The molecule has 1 aliphatic rings. The molecule has 3 nitrogen and oxygen atoms in total. The molecule has 0 aromatic carbocycles. The van der Waals surface area contributed by atoms with Crippen molar-refractivity contribution in [2.24, 2.45) is 5.41 Å². The summed E-state index contributed by atoms with van der Waals surface area (Å²) >= 11 is 0. The van der Waals surface area contributed by atoms with E-state index in [1.165, 1.54) is 25.7 Å². The highest BCUT2D eigenvalue weighted by Gasteiger charge is 2.28. The largest absolute Gasteiger partial charge is 0.350 e. The number of hydrogen-bond donors (Lipinski definition) is 2. The van der Waals surface area contributed by atoms with Crippen LogP contribution < -0.4 is 10.6 Å². The van der Waals surface area contributed by atoms with E-state index in [2.05, 4.69) is 17.6 Å². The lowest BCUT2D eigenvalue weighted by atomic mass is 9.89. The Morgan fingerprint density at radius 2 is 1.81 bits per heavy atom. The van der Waals surface area contributed by atoms with Gasteiger partial charge in [0.2, 0.25) is 5.91 Å². The molecule has 2 N–H and O–H groups in total. The molecule has 0 heterocycles. The van der Waals surface area contributed by atoms with Crippen LogP contribution in [0.15, 0.2) is 0 Å². The number of amides is 1. The van der Waals surface area contributed by atoms with Gasteiger partial charge in [-0.15, -0.1) is 0 Å². The Morgan fingerprint density at radius 3 is 2.31 bits per heavy atom. The fourth-order valence-electron chi connectivity index (χ4n) is 2.35. The van der Waals surface area contributed by atoms with Gasteiger partial charge in [-0.3, -0.25) is 4.79 Å². The summed E-state index contributed by atoms with van der Waals surface area (Å²) in [6.45, 7) is 9.72. The van der Waals surface area contributed by atoms with Crippen molar-refractivity contribution in [3.05, 3.63) is 0 Å². The first kappa shape index (κ1) is 13.5. The summed E-state index contributed by atoms with van der Waals surface area (Å²) in [6.07, 6.45) is 5.26. The summed E-state index contributed by atoms with van der Waals surface area (Å²) < 4.78 is 0. The van der Waals surface area contributed by atoms with Crippen molar-refractivity contribution in [3.8, 4) is 0 Å². The summed E-state index contributed by atoms with van der Waals surface area (Å²) in [7, 11) is 0. The summed E-state index contributed by atoms with van der Waals surface area (Å²) in [5.41, 5.74) is 0.290. The van der Waals surface area contributed by atoms with Gasteiger partial charge in [-0.2, -0.15) is 0 Å². The van der Waals surface area contributed by atoms with Crippen molar-refractivity contribution in [1.29, 1.82) is 0 Å². The Kier molecular flexibility index (Phi) is 4.36. The molecule has 1 rings (SSSR count). The Morgan fingerprint density at radius 1 is 1.25 bits per heavy atom. The van der Waals surface area contributed by atoms with E-state index in [-0.39, 0.29) is 11.4 Å². The van der Waals surface area contributed by atoms with Crippen molar-refractivity contribution in [1.82, 2.24) is 10.6 Å². The van der Waals surface area contributed by atoms with E-state index in [4.69, 9.17) is 0 Å². The number of rotatable bonds is 4. The molecule has 0 atom stereocenters. The first-order valence-electron chi connectivity index (χ1n) is 6.33. The van der Waals surface area contributed by atoms with Crippen LogP contribution in [-0.2, 0) is 4.79 Å². The quantitative estimate of drug-likeness (QED) is 0.770. The third kappa shape index (κ3) is 4.97. The topological polar surface area (TPSA) is 41.1 Å². The van der Waals surface area contributed by atoms with E-state index in [0.717, 1.165) is 6.54 Å². The molecular weight excluding hydrogens is 200 g/mol. The second kappa shape index (κ2) is 5.17. The molecule has 94 valence electrons. The maximum atomic E-state index is 11.6. The minimum Gasteiger partial charge on any atom is -0.350 e. The van der Waals surface area contributed by atoms with Crippen LogP contribution in [0, 0.1) is 5.41 Å². The molecule has 0 aromatic rings. The van der Waals surface area contributed by atoms with Gasteiger partial charge in [0.1, 0.15) is 0 Å². The van der Waals surface area contributed by atoms with Crippen LogP contribution in [0.3, 0.4) is 0 Å². The van der Waals surface area contributed by atoms with Gasteiger partial charge in [-0.25, -0.2) is 0 Å². The van der Waals surface area contributed by atoms with Gasteiger partial charge in [-0.05, 0) is 39.0 Å². The van der Waals surface area contributed by atoms with Gasteiger partial charge in [0.15, 0.2) is 0 Å². The highest BCUT2D eigenvalue weighted by Crippen LogP contribution is 2.36. The minimum atomic E-state index is -0.129. The normalized spacial score (nSPS) is 19.8. The van der Waals surface area contributed by atoms with Crippen LogP contribution >= 0.6 is 0 Å². The van der Waals surface area contributed by atoms with Crippen LogP contribution in [0.25, 0.3) is 0 Å². The van der Waals surface area contributed by atoms with Crippen molar-refractivity contribution >= 4 is 5.91 Å². The van der Waals surface area contributed by atoms with E-state index in [9.17, 15) is 4.79 Å². The second-order valence-corrected chi connectivity index (χ2v) is 6.42. The second-order valence-electron chi connectivity index (χ2n) is 6.42. The van der Waals surface area contributed by atoms with Gasteiger partial charge >= 0.3 is 0 Å². The monoisotopic (exact) mass is 226 g/mol. The molecule has 1 saturated carbocycles. The molecule has 0 radical (unpaired) electrons. The van der Waals surface area contributed by atoms with Crippen molar-refractivity contribution < 1.29 is 4.79 Å². The van der Waals surface area contributed by atoms with Gasteiger partial charge < -0.3 is 10.6 Å². The van der Waals surface area contributed by atoms with E-state index >= 15 is 0 Å². The highest BCUT2D eigenvalue weighted by molar-refractivity contribution is 5.78. The minimum absolute atomic E-state index is 0.0918. The van der Waals surface area contributed by atoms with Crippen LogP contribution in [-0.4, -0.2) is 24.5 Å². The van der Waals surface area contributed by atoms with Gasteiger partial charge in [0.25, 0.3) is 0 Å². The Hall–Kier alpha value is -0.570. The van der Waals surface area contributed by atoms with E-state index in [0.29, 0.717) is 12.0 Å². The number of carbonyl (C=O) groups is 1. The van der Waals surface area contributed by atoms with Crippen LogP contribution in [0.4, 0.5) is 0 Å². The molecule has 0 unspecified atom stereocenters. The smallest absolute Gasteiger partial charge is 0.234 e. The average Bonchev–Trinajstić information content (AvgIpc) is 2.49. The zero-order chi connectivity index (χ0) is 12.2. The first-order chi connectivity index (χ1) is 7.31. The van der Waals surface area contributed by atoms with Crippen molar-refractivity contribution in [3.63, 3.8) is 0 Å². The molecule has 0 saturated heterocycles. The molecule has 3 heteroatoms. The number of hydrogen-bond acceptors (Lipinski definition) is 2. The highest BCUT2D eigenvalue weighted by atomic mass is 16.2. The Bertz CT molecular complexity index is 237. The molecular formula is C13H26N2O. The zero-order valence-electron chi connectivity index (χ0n) is 11.2. The first-order valence-corrected chi connectivity index (χ1v) is 6.33. The standard InChI is InChI=1S/C13H26N2O/c1-12(2,3)15-11(16)9-14-10-13(4)7-5-6-8-13/h14H,5-10H2,1-4H3,(H,15,16). The van der Waals surface area contributed by atoms with E-state index in [1.54, 1.807) is 0 Å². The predicted molar refractivity (Wildman–Crippen MR) is 67.3 cm³/mol. The maximum absolute atomic E-state index is 11.6. The van der Waals surface area contributed by atoms with Gasteiger partial charge in [0, 0.05) is 12.1 Å². The van der Waals surface area contributed by atoms with Gasteiger partial charge in [-0.1, -0.05) is 19.8 Å². The maximum Gasteiger partial charge on any atom is 0.234 e. The molecule has 1 aliphatic carbocycles. The van der Waals surface area contributed by atoms with Crippen LogP contribution in [0.1, 0.15) is 53.4 Å². The predicted octanol–water partition coefficient (Wildman–Crippen LogP) is 2.07. The SMILES string of the molecule is CC1(CNCC(=O)NC(C)(C)C)CCCC1. The lowest BCUT2D eigenvalue weighted by Crippen LogP contribution is -2.46. The number of nitrogens with one attached hydrogen (secondary N) is 2. The van der Waals surface area contributed by atoms with Crippen LogP contribution in [0.2, 0.25) is 0 Å². The Balaban J connectivity index is 2.18. The third-order valence-corrected chi connectivity index (χ3v) is 3.16. The average molecular weight is 226 g/mol. The molecule has 0 bridgehead atoms. The van der Waals surface area contributed by atoms with E-state index in [1.807, 2.05) is 20.8 Å². The lowest BCUT2D eigenvalue weighted by molar-refractivity contribution is -0.121. The molecule has 1 amide bonds.